The van der Waals surface area contributed by atoms with E-state index in [0.717, 1.165) is 16.9 Å². The molecule has 2 amide bonds. The van der Waals surface area contributed by atoms with Crippen molar-refractivity contribution in [2.24, 2.45) is 0 Å². The van der Waals surface area contributed by atoms with Gasteiger partial charge in [0.15, 0.2) is 0 Å². The average Bonchev–Trinajstić information content (AvgIpc) is 2.75. The van der Waals surface area contributed by atoms with Crippen molar-refractivity contribution in [3.05, 3.63) is 58.7 Å². The first-order valence-corrected chi connectivity index (χ1v) is 10.3. The number of carbonyl (C=O) groups is 2. The van der Waals surface area contributed by atoms with Gasteiger partial charge in [0.05, 0.1) is 20.1 Å². The van der Waals surface area contributed by atoms with E-state index >= 15 is 0 Å². The van der Waals surface area contributed by atoms with E-state index in [4.69, 9.17) is 9.47 Å². The van der Waals surface area contributed by atoms with E-state index in [1.807, 2.05) is 49.9 Å². The van der Waals surface area contributed by atoms with E-state index in [1.54, 1.807) is 18.1 Å². The Balaban J connectivity index is 1.47. The van der Waals surface area contributed by atoms with E-state index in [9.17, 15) is 9.59 Å². The number of rotatable bonds is 6. The molecule has 6 nitrogen and oxygen atoms in total. The molecule has 1 fully saturated rings. The second-order valence-electron chi connectivity index (χ2n) is 7.72. The zero-order valence-electron chi connectivity index (χ0n) is 18.2. The van der Waals surface area contributed by atoms with Crippen LogP contribution in [-0.2, 0) is 4.79 Å². The Morgan fingerprint density at radius 2 is 1.57 bits per heavy atom. The smallest absolute Gasteiger partial charge is 0.254 e. The van der Waals surface area contributed by atoms with E-state index < -0.39 is 0 Å². The van der Waals surface area contributed by atoms with Crippen LogP contribution in [0.15, 0.2) is 36.4 Å². The number of piperazine rings is 1. The van der Waals surface area contributed by atoms with Gasteiger partial charge in [0.2, 0.25) is 5.91 Å². The van der Waals surface area contributed by atoms with E-state index in [0.29, 0.717) is 50.5 Å². The van der Waals surface area contributed by atoms with Crippen molar-refractivity contribution in [2.45, 2.75) is 27.2 Å². The molecular weight excluding hydrogens is 380 g/mol. The van der Waals surface area contributed by atoms with Gasteiger partial charge in [-0.3, -0.25) is 9.59 Å². The average molecular weight is 411 g/mol. The topological polar surface area (TPSA) is 59.1 Å². The van der Waals surface area contributed by atoms with Crippen molar-refractivity contribution in [3.8, 4) is 11.5 Å². The monoisotopic (exact) mass is 410 g/mol. The highest BCUT2D eigenvalue weighted by molar-refractivity contribution is 5.95. The van der Waals surface area contributed by atoms with Gasteiger partial charge in [0.1, 0.15) is 11.5 Å². The van der Waals surface area contributed by atoms with E-state index in [-0.39, 0.29) is 11.8 Å². The van der Waals surface area contributed by atoms with Gasteiger partial charge in [0, 0.05) is 31.7 Å². The van der Waals surface area contributed by atoms with Gasteiger partial charge in [0.25, 0.3) is 5.91 Å². The molecule has 30 heavy (non-hydrogen) atoms. The maximum Gasteiger partial charge on any atom is 0.254 e. The molecule has 2 aromatic rings. The number of nitrogens with zero attached hydrogens (tertiary/aromatic N) is 2. The van der Waals surface area contributed by atoms with Crippen LogP contribution in [0, 0.1) is 20.8 Å². The standard InChI is InChI=1S/C24H30N2O4/c1-17-5-8-21(19(3)15-17)30-14-9-23(27)25-10-12-26(13-11-25)24(28)20-7-6-18(2)22(16-20)29-4/h5-8,15-16H,9-14H2,1-4H3. The highest BCUT2D eigenvalue weighted by Gasteiger charge is 2.25. The zero-order valence-corrected chi connectivity index (χ0v) is 18.2. The molecule has 2 aromatic carbocycles. The molecule has 0 unspecified atom stereocenters. The summed E-state index contributed by atoms with van der Waals surface area (Å²) in [6.07, 6.45) is 0.330. The summed E-state index contributed by atoms with van der Waals surface area (Å²) in [5.74, 6) is 1.55. The lowest BCUT2D eigenvalue weighted by Gasteiger charge is -2.35. The number of aryl methyl sites for hydroxylation is 3. The second-order valence-corrected chi connectivity index (χ2v) is 7.72. The fourth-order valence-electron chi connectivity index (χ4n) is 3.66. The third-order valence-electron chi connectivity index (χ3n) is 5.48. The number of hydrogen-bond acceptors (Lipinski definition) is 4. The molecule has 0 aliphatic carbocycles. The molecule has 0 N–H and O–H groups in total. The molecule has 3 rings (SSSR count). The lowest BCUT2D eigenvalue weighted by atomic mass is 10.1. The first-order chi connectivity index (χ1) is 14.4. The molecule has 0 aromatic heterocycles. The minimum Gasteiger partial charge on any atom is -0.496 e. The number of amides is 2. The summed E-state index contributed by atoms with van der Waals surface area (Å²) in [5, 5.41) is 0. The van der Waals surface area contributed by atoms with Crippen LogP contribution >= 0.6 is 0 Å². The zero-order chi connectivity index (χ0) is 21.7. The number of methoxy groups -OCH3 is 1. The fraction of sp³-hybridized carbons (Fsp3) is 0.417. The normalized spacial score (nSPS) is 13.9. The minimum atomic E-state index is -0.0291. The number of benzene rings is 2. The molecule has 0 bridgehead atoms. The molecule has 160 valence electrons. The lowest BCUT2D eigenvalue weighted by Crippen LogP contribution is -2.50. The van der Waals surface area contributed by atoms with Crippen LogP contribution in [-0.4, -0.2) is 61.5 Å². The second kappa shape index (κ2) is 9.65. The predicted molar refractivity (Wildman–Crippen MR) is 116 cm³/mol. The Morgan fingerprint density at radius 3 is 2.23 bits per heavy atom. The highest BCUT2D eigenvalue weighted by atomic mass is 16.5. The summed E-state index contributed by atoms with van der Waals surface area (Å²) in [4.78, 5) is 28.9. The van der Waals surface area contributed by atoms with Crippen LogP contribution in [0.3, 0.4) is 0 Å². The van der Waals surface area contributed by atoms with Gasteiger partial charge in [-0.1, -0.05) is 23.8 Å². The summed E-state index contributed by atoms with van der Waals surface area (Å²) < 4.78 is 11.1. The Bertz CT molecular complexity index is 917. The minimum absolute atomic E-state index is 0.0291. The van der Waals surface area contributed by atoms with Crippen molar-refractivity contribution >= 4 is 11.8 Å². The Hall–Kier alpha value is -3.02. The summed E-state index contributed by atoms with van der Waals surface area (Å²) >= 11 is 0. The van der Waals surface area contributed by atoms with Crippen LogP contribution in [0.5, 0.6) is 11.5 Å². The first kappa shape index (κ1) is 21.7. The van der Waals surface area contributed by atoms with Gasteiger partial charge in [-0.2, -0.15) is 0 Å². The number of hydrogen-bond donors (Lipinski definition) is 0. The van der Waals surface area contributed by atoms with E-state index in [2.05, 4.69) is 6.07 Å². The van der Waals surface area contributed by atoms with Crippen molar-refractivity contribution in [1.29, 1.82) is 0 Å². The molecule has 0 saturated carbocycles. The lowest BCUT2D eigenvalue weighted by molar-refractivity contribution is -0.133. The maximum absolute atomic E-state index is 12.8. The summed E-state index contributed by atoms with van der Waals surface area (Å²) in [5.41, 5.74) is 3.86. The van der Waals surface area contributed by atoms with Crippen LogP contribution in [0.4, 0.5) is 0 Å². The van der Waals surface area contributed by atoms with Crippen LogP contribution in [0.2, 0.25) is 0 Å². The molecule has 1 aliphatic rings. The maximum atomic E-state index is 12.8. The molecule has 6 heteroatoms. The Morgan fingerprint density at radius 1 is 0.867 bits per heavy atom. The van der Waals surface area contributed by atoms with Crippen LogP contribution in [0.25, 0.3) is 0 Å². The SMILES string of the molecule is COc1cc(C(=O)N2CCN(C(=O)CCOc3ccc(C)cc3C)CC2)ccc1C. The van der Waals surface area contributed by atoms with Crippen LogP contribution in [0.1, 0.15) is 33.5 Å². The van der Waals surface area contributed by atoms with Crippen molar-refractivity contribution in [2.75, 3.05) is 39.9 Å². The number of ether oxygens (including phenoxy) is 2. The third-order valence-corrected chi connectivity index (χ3v) is 5.48. The van der Waals surface area contributed by atoms with Gasteiger partial charge in [-0.15, -0.1) is 0 Å². The molecule has 0 spiro atoms. The van der Waals surface area contributed by atoms with E-state index in [1.165, 1.54) is 5.56 Å². The van der Waals surface area contributed by atoms with Crippen molar-refractivity contribution < 1.29 is 19.1 Å². The Kier molecular flexibility index (Phi) is 6.98. The van der Waals surface area contributed by atoms with Gasteiger partial charge >= 0.3 is 0 Å². The fourth-order valence-corrected chi connectivity index (χ4v) is 3.66. The third kappa shape index (κ3) is 5.12. The van der Waals surface area contributed by atoms with Crippen LogP contribution < -0.4 is 9.47 Å². The molecule has 1 saturated heterocycles. The van der Waals surface area contributed by atoms with Crippen molar-refractivity contribution in [1.82, 2.24) is 9.80 Å². The molecule has 0 radical (unpaired) electrons. The largest absolute Gasteiger partial charge is 0.496 e. The Labute approximate surface area is 178 Å². The first-order valence-electron chi connectivity index (χ1n) is 10.3. The molecule has 0 atom stereocenters. The summed E-state index contributed by atoms with van der Waals surface area (Å²) in [6, 6.07) is 11.5. The van der Waals surface area contributed by atoms with Gasteiger partial charge < -0.3 is 19.3 Å². The van der Waals surface area contributed by atoms with Gasteiger partial charge in [-0.25, -0.2) is 0 Å². The van der Waals surface area contributed by atoms with Crippen molar-refractivity contribution in [3.63, 3.8) is 0 Å². The molecule has 1 aliphatic heterocycles. The van der Waals surface area contributed by atoms with Gasteiger partial charge in [-0.05, 0) is 50.1 Å². The summed E-state index contributed by atoms with van der Waals surface area (Å²) in [7, 11) is 1.60. The highest BCUT2D eigenvalue weighted by Crippen LogP contribution is 2.21. The molecular formula is C24H30N2O4. The summed E-state index contributed by atoms with van der Waals surface area (Å²) in [6.45, 7) is 8.47. The predicted octanol–water partition coefficient (Wildman–Crippen LogP) is 3.37. The number of carbonyl (C=O) groups excluding carboxylic acids is 2. The quantitative estimate of drug-likeness (QED) is 0.733. The molecule has 1 heterocycles.